The number of hydrogen-bond donors (Lipinski definition) is 3. The summed E-state index contributed by atoms with van der Waals surface area (Å²) in [4.78, 5) is 38.4. The maximum Gasteiger partial charge on any atom is 0.338 e. The summed E-state index contributed by atoms with van der Waals surface area (Å²) in [7, 11) is 0. The lowest BCUT2D eigenvalue weighted by molar-refractivity contribution is -0.131. The van der Waals surface area contributed by atoms with E-state index in [2.05, 4.69) is 17.6 Å². The van der Waals surface area contributed by atoms with Gasteiger partial charge in [-0.05, 0) is 86.9 Å². The number of amides is 2. The van der Waals surface area contributed by atoms with Crippen LogP contribution in [0.5, 0.6) is 5.75 Å². The zero-order chi connectivity index (χ0) is 30.9. The Labute approximate surface area is 257 Å². The van der Waals surface area contributed by atoms with Crippen molar-refractivity contribution in [1.29, 1.82) is 0 Å². The highest BCUT2D eigenvalue weighted by Crippen LogP contribution is 2.28. The number of esters is 1. The second kappa shape index (κ2) is 19.0. The molecule has 0 saturated heterocycles. The summed E-state index contributed by atoms with van der Waals surface area (Å²) in [6.07, 6.45) is 10.8. The smallest absolute Gasteiger partial charge is 0.338 e. The Balaban J connectivity index is 1.57. The van der Waals surface area contributed by atoms with Crippen molar-refractivity contribution in [2.24, 2.45) is 17.6 Å². The molecule has 1 atom stereocenters. The molecule has 0 unspecified atom stereocenters. The van der Waals surface area contributed by atoms with E-state index in [0.29, 0.717) is 50.0 Å². The van der Waals surface area contributed by atoms with E-state index >= 15 is 0 Å². The van der Waals surface area contributed by atoms with E-state index in [1.807, 2.05) is 36.4 Å². The average Bonchev–Trinajstić information content (AvgIpc) is 3.03. The third-order valence-electron chi connectivity index (χ3n) is 8.22. The van der Waals surface area contributed by atoms with Gasteiger partial charge in [-0.25, -0.2) is 4.79 Å². The third-order valence-corrected chi connectivity index (χ3v) is 8.22. The fourth-order valence-electron chi connectivity index (χ4n) is 5.53. The summed E-state index contributed by atoms with van der Waals surface area (Å²) < 4.78 is 11.0. The van der Waals surface area contributed by atoms with Crippen LogP contribution >= 0.6 is 0 Å². The number of hydrogen-bond acceptors (Lipinski definition) is 6. The molecule has 1 fully saturated rings. The fraction of sp³-hybridized carbons (Fsp3) is 0.571. The van der Waals surface area contributed by atoms with E-state index < -0.39 is 6.04 Å². The number of nitrogens with two attached hydrogens (primary N) is 1. The molecule has 0 spiro atoms. The van der Waals surface area contributed by atoms with E-state index in [1.165, 1.54) is 25.7 Å². The van der Waals surface area contributed by atoms with Crippen molar-refractivity contribution in [2.45, 2.75) is 97.1 Å². The lowest BCUT2D eigenvalue weighted by Crippen LogP contribution is -2.50. The lowest BCUT2D eigenvalue weighted by atomic mass is 9.81. The maximum atomic E-state index is 13.2. The molecule has 0 bridgehead atoms. The van der Waals surface area contributed by atoms with Gasteiger partial charge in [-0.2, -0.15) is 0 Å². The Morgan fingerprint density at radius 2 is 1.63 bits per heavy atom. The van der Waals surface area contributed by atoms with Crippen molar-refractivity contribution >= 4 is 17.8 Å². The van der Waals surface area contributed by atoms with Crippen LogP contribution in [0, 0.1) is 11.8 Å². The van der Waals surface area contributed by atoms with Crippen molar-refractivity contribution in [3.05, 3.63) is 65.2 Å². The molecule has 0 aliphatic heterocycles. The number of ether oxygens (including phenoxy) is 2. The number of benzene rings is 2. The predicted octanol–water partition coefficient (Wildman–Crippen LogP) is 5.71. The van der Waals surface area contributed by atoms with Gasteiger partial charge in [-0.1, -0.05) is 63.3 Å². The van der Waals surface area contributed by atoms with Crippen LogP contribution in [0.1, 0.15) is 99.5 Å². The van der Waals surface area contributed by atoms with Gasteiger partial charge in [0.1, 0.15) is 18.4 Å². The Hall–Kier alpha value is -3.39. The zero-order valence-electron chi connectivity index (χ0n) is 26.1. The molecule has 4 N–H and O–H groups in total. The molecule has 1 saturated carbocycles. The second-order valence-corrected chi connectivity index (χ2v) is 11.6. The van der Waals surface area contributed by atoms with Gasteiger partial charge in [-0.15, -0.1) is 0 Å². The molecule has 1 aliphatic rings. The zero-order valence-corrected chi connectivity index (χ0v) is 26.1. The predicted molar refractivity (Wildman–Crippen MR) is 170 cm³/mol. The minimum atomic E-state index is -0.641. The van der Waals surface area contributed by atoms with Crippen molar-refractivity contribution in [3.63, 3.8) is 0 Å². The number of nitrogens with one attached hydrogen (secondary N) is 2. The minimum Gasteiger partial charge on any atom is -0.489 e. The summed E-state index contributed by atoms with van der Waals surface area (Å²) in [5.74, 6) is 0.557. The molecule has 0 radical (unpaired) electrons. The van der Waals surface area contributed by atoms with Crippen LogP contribution in [0.15, 0.2) is 48.5 Å². The van der Waals surface area contributed by atoms with Crippen molar-refractivity contribution < 1.29 is 23.9 Å². The normalized spacial score (nSPS) is 17.1. The number of carbonyl (C=O) groups excluding carboxylic acids is 3. The van der Waals surface area contributed by atoms with Gasteiger partial charge >= 0.3 is 5.97 Å². The molecule has 8 heteroatoms. The molecule has 2 aromatic carbocycles. The van der Waals surface area contributed by atoms with E-state index in [-0.39, 0.29) is 23.7 Å². The number of carbonyl (C=O) groups is 3. The van der Waals surface area contributed by atoms with E-state index in [4.69, 9.17) is 15.2 Å². The van der Waals surface area contributed by atoms with Crippen LogP contribution in [0.2, 0.25) is 0 Å². The van der Waals surface area contributed by atoms with Gasteiger partial charge in [0.2, 0.25) is 11.8 Å². The van der Waals surface area contributed by atoms with Crippen LogP contribution in [-0.2, 0) is 27.4 Å². The number of rotatable bonds is 18. The van der Waals surface area contributed by atoms with Gasteiger partial charge in [0, 0.05) is 18.9 Å². The Kier molecular flexibility index (Phi) is 15.1. The first-order valence-corrected chi connectivity index (χ1v) is 16.2. The first-order valence-electron chi connectivity index (χ1n) is 16.2. The van der Waals surface area contributed by atoms with Crippen LogP contribution in [0.4, 0.5) is 0 Å². The summed E-state index contributed by atoms with van der Waals surface area (Å²) in [6, 6.07) is 14.1. The first-order chi connectivity index (χ1) is 20.9. The summed E-state index contributed by atoms with van der Waals surface area (Å²) in [6.45, 7) is 5.89. The molecule has 236 valence electrons. The number of unbranched alkanes of at least 4 members (excludes halogenated alkanes) is 5. The first kappa shape index (κ1) is 34.1. The molecule has 1 aliphatic carbocycles. The van der Waals surface area contributed by atoms with Gasteiger partial charge in [0.25, 0.3) is 0 Å². The highest BCUT2D eigenvalue weighted by molar-refractivity contribution is 5.89. The van der Waals surface area contributed by atoms with E-state index in [0.717, 1.165) is 49.7 Å². The molecular formula is C35H51N3O5. The van der Waals surface area contributed by atoms with Crippen LogP contribution < -0.4 is 21.1 Å². The molecule has 2 amide bonds. The van der Waals surface area contributed by atoms with Gasteiger partial charge in [0.05, 0.1) is 12.2 Å². The van der Waals surface area contributed by atoms with Crippen LogP contribution in [0.3, 0.4) is 0 Å². The summed E-state index contributed by atoms with van der Waals surface area (Å²) in [5.41, 5.74) is 8.12. The molecule has 0 heterocycles. The molecule has 43 heavy (non-hydrogen) atoms. The quantitative estimate of drug-likeness (QED) is 0.150. The van der Waals surface area contributed by atoms with Crippen LogP contribution in [-0.4, -0.2) is 43.5 Å². The lowest BCUT2D eigenvalue weighted by Gasteiger charge is -2.28. The highest BCUT2D eigenvalue weighted by atomic mass is 16.5. The summed E-state index contributed by atoms with van der Waals surface area (Å²) in [5, 5.41) is 6.13. The Bertz CT molecular complexity index is 1130. The third kappa shape index (κ3) is 12.0. The fourth-order valence-corrected chi connectivity index (χ4v) is 5.53. The summed E-state index contributed by atoms with van der Waals surface area (Å²) >= 11 is 0. The van der Waals surface area contributed by atoms with E-state index in [1.54, 1.807) is 19.1 Å². The van der Waals surface area contributed by atoms with Crippen molar-refractivity contribution in [1.82, 2.24) is 10.6 Å². The molecule has 3 rings (SSSR count). The molecule has 2 aromatic rings. The molecular weight excluding hydrogens is 542 g/mol. The SMILES string of the molecule is CCCCCCCCNC(=O)[C@H](Cc1ccc(OCc2cccc(C(=O)OCC)c2)cc1)NC(=O)C1CCC(CN)CC1. The largest absolute Gasteiger partial charge is 0.489 e. The van der Waals surface area contributed by atoms with Gasteiger partial charge in [0.15, 0.2) is 0 Å². The van der Waals surface area contributed by atoms with Gasteiger partial charge < -0.3 is 25.8 Å². The Morgan fingerprint density at radius 1 is 0.907 bits per heavy atom. The van der Waals surface area contributed by atoms with Crippen molar-refractivity contribution in [2.75, 3.05) is 19.7 Å². The van der Waals surface area contributed by atoms with Crippen LogP contribution in [0.25, 0.3) is 0 Å². The highest BCUT2D eigenvalue weighted by Gasteiger charge is 2.29. The molecule has 8 nitrogen and oxygen atoms in total. The second-order valence-electron chi connectivity index (χ2n) is 11.6. The Morgan fingerprint density at radius 3 is 2.33 bits per heavy atom. The van der Waals surface area contributed by atoms with Crippen molar-refractivity contribution in [3.8, 4) is 5.75 Å². The maximum absolute atomic E-state index is 13.2. The topological polar surface area (TPSA) is 120 Å². The molecule has 0 aromatic heterocycles. The average molecular weight is 594 g/mol. The standard InChI is InChI=1S/C35H51N3O5/c1-3-5-6-7-8-9-21-37-34(40)32(38-33(39)29-17-13-27(24-36)14-18-29)23-26-15-19-31(20-16-26)43-25-28-11-10-12-30(22-28)35(41)42-4-2/h10-12,15-16,19-20,22,27,29,32H,3-9,13-14,17-18,21,23-25,36H2,1-2H3,(H,37,40)(H,38,39)/t27?,29?,32-/m0/s1. The monoisotopic (exact) mass is 593 g/mol. The minimum absolute atomic E-state index is 0.0415. The van der Waals surface area contributed by atoms with Gasteiger partial charge in [-0.3, -0.25) is 9.59 Å². The van der Waals surface area contributed by atoms with E-state index in [9.17, 15) is 14.4 Å².